The number of ketones is 1. The van der Waals surface area contributed by atoms with Crippen LogP contribution in [0.1, 0.15) is 21.5 Å². The molecule has 0 N–H and O–H groups in total. The van der Waals surface area contributed by atoms with Gasteiger partial charge in [-0.2, -0.15) is 0 Å². The fourth-order valence-corrected chi connectivity index (χ4v) is 3.41. The van der Waals surface area contributed by atoms with Gasteiger partial charge in [-0.1, -0.05) is 54.6 Å². The van der Waals surface area contributed by atoms with Gasteiger partial charge < -0.3 is 14.5 Å². The van der Waals surface area contributed by atoms with Crippen molar-refractivity contribution >= 4 is 11.9 Å². The highest BCUT2D eigenvalue weighted by Crippen LogP contribution is 2.28. The summed E-state index contributed by atoms with van der Waals surface area (Å²) < 4.78 is 6.03. The SMILES string of the molecule is CN(C)CCOc1ccc(-c2ccccc2)cc1/C=C/C(=O)c1cccc(CN(C)C)c1. The molecule has 3 aromatic rings. The first-order valence-corrected chi connectivity index (χ1v) is 10.9. The van der Waals surface area contributed by atoms with Crippen LogP contribution in [0.3, 0.4) is 0 Å². The molecule has 0 unspecified atom stereocenters. The van der Waals surface area contributed by atoms with Crippen molar-refractivity contribution < 1.29 is 9.53 Å². The topological polar surface area (TPSA) is 32.8 Å². The largest absolute Gasteiger partial charge is 0.492 e. The van der Waals surface area contributed by atoms with Crippen LogP contribution in [0, 0.1) is 0 Å². The zero-order valence-electron chi connectivity index (χ0n) is 19.4. The van der Waals surface area contributed by atoms with Gasteiger partial charge in [0.2, 0.25) is 0 Å². The molecule has 4 heteroatoms. The zero-order valence-corrected chi connectivity index (χ0v) is 19.4. The molecule has 166 valence electrons. The Labute approximate surface area is 191 Å². The van der Waals surface area contributed by atoms with E-state index < -0.39 is 0 Å². The maximum Gasteiger partial charge on any atom is 0.185 e. The van der Waals surface area contributed by atoms with Crippen LogP contribution >= 0.6 is 0 Å². The van der Waals surface area contributed by atoms with Crippen molar-refractivity contribution in [3.63, 3.8) is 0 Å². The second kappa shape index (κ2) is 11.4. The van der Waals surface area contributed by atoms with Crippen molar-refractivity contribution in [3.8, 4) is 16.9 Å². The molecule has 0 aliphatic heterocycles. The van der Waals surface area contributed by atoms with E-state index in [9.17, 15) is 4.79 Å². The van der Waals surface area contributed by atoms with Crippen molar-refractivity contribution in [2.24, 2.45) is 0 Å². The van der Waals surface area contributed by atoms with Crippen LogP contribution in [0.5, 0.6) is 5.75 Å². The van der Waals surface area contributed by atoms with Crippen molar-refractivity contribution in [3.05, 3.63) is 95.6 Å². The minimum absolute atomic E-state index is 0.0186. The Morgan fingerprint density at radius 1 is 0.844 bits per heavy atom. The predicted octanol–water partition coefficient (Wildman–Crippen LogP) is 5.25. The van der Waals surface area contributed by atoms with Gasteiger partial charge in [0, 0.05) is 24.2 Å². The first-order chi connectivity index (χ1) is 15.4. The van der Waals surface area contributed by atoms with E-state index in [1.165, 1.54) is 0 Å². The lowest BCUT2D eigenvalue weighted by Gasteiger charge is -2.14. The lowest BCUT2D eigenvalue weighted by Crippen LogP contribution is -2.19. The van der Waals surface area contributed by atoms with E-state index in [1.807, 2.05) is 82.8 Å². The summed E-state index contributed by atoms with van der Waals surface area (Å²) in [5.41, 5.74) is 4.92. The first kappa shape index (κ1) is 23.5. The molecule has 0 aromatic heterocycles. The van der Waals surface area contributed by atoms with Crippen LogP contribution < -0.4 is 4.74 Å². The van der Waals surface area contributed by atoms with Gasteiger partial charge in [-0.15, -0.1) is 0 Å². The third kappa shape index (κ3) is 6.91. The molecule has 32 heavy (non-hydrogen) atoms. The molecule has 0 saturated carbocycles. The Bertz CT molecular complexity index is 1060. The molecule has 0 amide bonds. The summed E-state index contributed by atoms with van der Waals surface area (Å²) in [6.07, 6.45) is 3.50. The van der Waals surface area contributed by atoms with E-state index in [-0.39, 0.29) is 5.78 Å². The lowest BCUT2D eigenvalue weighted by molar-refractivity contribution is 0.104. The van der Waals surface area contributed by atoms with Gasteiger partial charge in [0.1, 0.15) is 12.4 Å². The molecule has 0 radical (unpaired) electrons. The van der Waals surface area contributed by atoms with Crippen molar-refractivity contribution in [1.29, 1.82) is 0 Å². The number of hydrogen-bond acceptors (Lipinski definition) is 4. The quantitative estimate of drug-likeness (QED) is 0.326. The monoisotopic (exact) mass is 428 g/mol. The number of rotatable bonds is 10. The van der Waals surface area contributed by atoms with E-state index in [4.69, 9.17) is 4.74 Å². The highest BCUT2D eigenvalue weighted by Gasteiger charge is 2.08. The number of hydrogen-bond donors (Lipinski definition) is 0. The summed E-state index contributed by atoms with van der Waals surface area (Å²) in [7, 11) is 8.08. The maximum atomic E-state index is 12.9. The number of ether oxygens (including phenoxy) is 1. The third-order valence-electron chi connectivity index (χ3n) is 5.04. The number of allylic oxidation sites excluding steroid dienone is 1. The number of benzene rings is 3. The molecule has 0 aliphatic rings. The average molecular weight is 429 g/mol. The first-order valence-electron chi connectivity index (χ1n) is 10.9. The van der Waals surface area contributed by atoms with Crippen molar-refractivity contribution in [2.75, 3.05) is 41.3 Å². The number of likely N-dealkylation sites (N-methyl/N-ethyl adjacent to an activating group) is 1. The standard InChI is InChI=1S/C28H32N2O2/c1-29(2)17-18-32-28-16-14-24(23-10-6-5-7-11-23)20-26(28)13-15-27(31)25-12-8-9-22(19-25)21-30(3)4/h5-16,19-20H,17-18,21H2,1-4H3/b15-13+. The smallest absolute Gasteiger partial charge is 0.185 e. The number of nitrogens with zero attached hydrogens (tertiary/aromatic N) is 2. The number of carbonyl (C=O) groups is 1. The Morgan fingerprint density at radius 2 is 1.62 bits per heavy atom. The molecule has 0 spiro atoms. The van der Waals surface area contributed by atoms with Crippen LogP contribution in [-0.4, -0.2) is 56.9 Å². The van der Waals surface area contributed by atoms with Gasteiger partial charge in [0.05, 0.1) is 0 Å². The molecular formula is C28H32N2O2. The summed E-state index contributed by atoms with van der Waals surface area (Å²) in [5.74, 6) is 0.756. The summed E-state index contributed by atoms with van der Waals surface area (Å²) >= 11 is 0. The van der Waals surface area contributed by atoms with Crippen molar-refractivity contribution in [2.45, 2.75) is 6.54 Å². The van der Waals surface area contributed by atoms with Crippen molar-refractivity contribution in [1.82, 2.24) is 9.80 Å². The van der Waals surface area contributed by atoms with Crippen LogP contribution in [0.15, 0.2) is 78.9 Å². The second-order valence-electron chi connectivity index (χ2n) is 8.41. The van der Waals surface area contributed by atoms with Gasteiger partial charge in [-0.05, 0) is 75.2 Å². The van der Waals surface area contributed by atoms with E-state index in [2.05, 4.69) is 34.1 Å². The Kier molecular flexibility index (Phi) is 8.37. The maximum absolute atomic E-state index is 12.9. The minimum atomic E-state index is -0.0186. The zero-order chi connectivity index (χ0) is 22.9. The van der Waals surface area contributed by atoms with Crippen LogP contribution in [-0.2, 0) is 6.54 Å². The van der Waals surface area contributed by atoms with Gasteiger partial charge in [-0.3, -0.25) is 4.79 Å². The fourth-order valence-electron chi connectivity index (χ4n) is 3.41. The summed E-state index contributed by atoms with van der Waals surface area (Å²) in [5, 5.41) is 0. The van der Waals surface area contributed by atoms with E-state index in [0.717, 1.165) is 41.1 Å². The van der Waals surface area contributed by atoms with Gasteiger partial charge in [0.25, 0.3) is 0 Å². The second-order valence-corrected chi connectivity index (χ2v) is 8.41. The summed E-state index contributed by atoms with van der Waals surface area (Å²) in [4.78, 5) is 17.0. The molecule has 0 aliphatic carbocycles. The summed E-state index contributed by atoms with van der Waals surface area (Å²) in [6.45, 7) is 2.20. The lowest BCUT2D eigenvalue weighted by atomic mass is 10.0. The molecule has 0 fully saturated rings. The van der Waals surface area contributed by atoms with Crippen LogP contribution in [0.4, 0.5) is 0 Å². The molecule has 0 atom stereocenters. The van der Waals surface area contributed by atoms with E-state index in [0.29, 0.717) is 12.2 Å². The minimum Gasteiger partial charge on any atom is -0.492 e. The van der Waals surface area contributed by atoms with E-state index in [1.54, 1.807) is 6.08 Å². The molecule has 3 rings (SSSR count). The molecule has 4 nitrogen and oxygen atoms in total. The third-order valence-corrected chi connectivity index (χ3v) is 5.04. The highest BCUT2D eigenvalue weighted by atomic mass is 16.5. The molecular weight excluding hydrogens is 396 g/mol. The molecule has 0 saturated heterocycles. The summed E-state index contributed by atoms with van der Waals surface area (Å²) in [6, 6.07) is 24.1. The molecule has 0 heterocycles. The molecule has 3 aromatic carbocycles. The van der Waals surface area contributed by atoms with E-state index >= 15 is 0 Å². The Morgan fingerprint density at radius 3 is 2.34 bits per heavy atom. The predicted molar refractivity (Wildman–Crippen MR) is 133 cm³/mol. The Hall–Kier alpha value is -3.21. The number of carbonyl (C=O) groups excluding carboxylic acids is 1. The molecule has 0 bridgehead atoms. The van der Waals surface area contributed by atoms with Gasteiger partial charge in [-0.25, -0.2) is 0 Å². The van der Waals surface area contributed by atoms with Gasteiger partial charge >= 0.3 is 0 Å². The van der Waals surface area contributed by atoms with Crippen LogP contribution in [0.2, 0.25) is 0 Å². The Balaban J connectivity index is 1.86. The normalized spacial score (nSPS) is 11.4. The van der Waals surface area contributed by atoms with Gasteiger partial charge in [0.15, 0.2) is 5.78 Å². The van der Waals surface area contributed by atoms with Crippen LogP contribution in [0.25, 0.3) is 17.2 Å². The average Bonchev–Trinajstić information content (AvgIpc) is 2.78. The fraction of sp³-hybridized carbons (Fsp3) is 0.250. The highest BCUT2D eigenvalue weighted by molar-refractivity contribution is 6.07.